The highest BCUT2D eigenvalue weighted by molar-refractivity contribution is 6.67. The van der Waals surface area contributed by atoms with Crippen molar-refractivity contribution in [3.05, 3.63) is 0 Å². The van der Waals surface area contributed by atoms with Crippen LogP contribution in [-0.2, 0) is 0 Å². The van der Waals surface area contributed by atoms with Gasteiger partial charge in [0, 0.05) is 0 Å². The van der Waals surface area contributed by atoms with Crippen LogP contribution in [-0.4, -0.2) is 11.0 Å². The maximum Gasteiger partial charge on any atom is 0.244 e. The van der Waals surface area contributed by atoms with Crippen molar-refractivity contribution in [3.63, 3.8) is 0 Å². The molecule has 1 nitrogen and oxygen atoms in total. The van der Waals surface area contributed by atoms with Gasteiger partial charge in [0.15, 0.2) is 0 Å². The van der Waals surface area contributed by atoms with Gasteiger partial charge in [-0.3, -0.25) is 5.32 Å². The van der Waals surface area contributed by atoms with Crippen LogP contribution in [0.1, 0.15) is 0 Å². The molecule has 0 saturated carbocycles. The topological polar surface area (TPSA) is 12.0 Å². The maximum atomic E-state index is 5.14. The molecule has 0 radical (unpaired) electrons. The van der Waals surface area contributed by atoms with Crippen LogP contribution in [0.4, 0.5) is 0 Å². The first-order chi connectivity index (χ1) is 2.56. The van der Waals surface area contributed by atoms with E-state index in [1.165, 1.54) is 0 Å². The first-order valence-corrected chi connectivity index (χ1v) is 2.45. The Morgan fingerprint density at radius 2 is 1.50 bits per heavy atom. The summed E-state index contributed by atoms with van der Waals surface area (Å²) in [7, 11) is 1.56. The molecule has 0 aliphatic rings. The zero-order valence-corrected chi connectivity index (χ0v) is 5.40. The van der Waals surface area contributed by atoms with Crippen LogP contribution in [0, 0.1) is 0 Å². The Balaban J connectivity index is 3.17. The predicted octanol–water partition coefficient (Wildman–Crippen LogP) is 1.53. The highest BCUT2D eigenvalue weighted by Gasteiger charge is 2.13. The lowest BCUT2D eigenvalue weighted by atomic mass is 11.2. The van der Waals surface area contributed by atoms with Crippen LogP contribution in [0.2, 0.25) is 0 Å². The fourth-order valence-electron chi connectivity index (χ4n) is 0. The van der Waals surface area contributed by atoms with Crippen LogP contribution < -0.4 is 5.32 Å². The zero-order valence-electron chi connectivity index (χ0n) is 3.13. The Bertz CT molecular complexity index is 38.5. The molecular weight excluding hydrogens is 144 g/mol. The lowest BCUT2D eigenvalue weighted by molar-refractivity contribution is 0.859. The lowest BCUT2D eigenvalue weighted by Crippen LogP contribution is -2.22. The number of halogens is 3. The molecule has 1 N–H and O–H groups in total. The van der Waals surface area contributed by atoms with Gasteiger partial charge in [0.2, 0.25) is 3.92 Å². The standard InChI is InChI=1S/C2H4Cl3N/c1-6-2(3,4)5/h6H,1H3. The van der Waals surface area contributed by atoms with Gasteiger partial charge in [-0.15, -0.1) is 0 Å². The molecule has 0 atom stereocenters. The highest BCUT2D eigenvalue weighted by atomic mass is 35.6. The largest absolute Gasteiger partial charge is 0.276 e. The van der Waals surface area contributed by atoms with Crippen molar-refractivity contribution in [3.8, 4) is 0 Å². The molecule has 0 rings (SSSR count). The monoisotopic (exact) mass is 147 g/mol. The summed E-state index contributed by atoms with van der Waals surface area (Å²) in [6.07, 6.45) is 0. The molecule has 4 heteroatoms. The number of alkyl halides is 3. The molecule has 0 aromatic carbocycles. The Hall–Kier alpha value is 0.830. The second-order valence-corrected chi connectivity index (χ2v) is 3.03. The van der Waals surface area contributed by atoms with E-state index in [2.05, 4.69) is 5.32 Å². The molecule has 0 aliphatic carbocycles. The Kier molecular flexibility index (Phi) is 2.53. The van der Waals surface area contributed by atoms with Gasteiger partial charge in [0.1, 0.15) is 0 Å². The third-order valence-corrected chi connectivity index (χ3v) is 0.850. The van der Waals surface area contributed by atoms with Crippen LogP contribution in [0.25, 0.3) is 0 Å². The first kappa shape index (κ1) is 6.83. The summed E-state index contributed by atoms with van der Waals surface area (Å²) in [5, 5.41) is 2.40. The second kappa shape index (κ2) is 2.22. The Morgan fingerprint density at radius 1 is 1.33 bits per heavy atom. The minimum atomic E-state index is -1.29. The van der Waals surface area contributed by atoms with Gasteiger partial charge < -0.3 is 0 Å². The van der Waals surface area contributed by atoms with Gasteiger partial charge in [-0.1, -0.05) is 34.8 Å². The molecule has 0 amide bonds. The lowest BCUT2D eigenvalue weighted by Gasteiger charge is -2.05. The summed E-state index contributed by atoms with van der Waals surface area (Å²) >= 11 is 15.4. The van der Waals surface area contributed by atoms with Gasteiger partial charge in [-0.05, 0) is 7.05 Å². The van der Waals surface area contributed by atoms with E-state index in [0.29, 0.717) is 0 Å². The minimum absolute atomic E-state index is 1.29. The summed E-state index contributed by atoms with van der Waals surface area (Å²) < 4.78 is -1.29. The van der Waals surface area contributed by atoms with Crippen LogP contribution in [0.15, 0.2) is 0 Å². The summed E-state index contributed by atoms with van der Waals surface area (Å²) in [5.74, 6) is 0. The van der Waals surface area contributed by atoms with Crippen LogP contribution in [0.5, 0.6) is 0 Å². The van der Waals surface area contributed by atoms with E-state index in [0.717, 1.165) is 0 Å². The molecule has 0 aromatic heterocycles. The van der Waals surface area contributed by atoms with Gasteiger partial charge in [0.05, 0.1) is 0 Å². The number of hydrogen-bond donors (Lipinski definition) is 1. The molecule has 0 unspecified atom stereocenters. The summed E-state index contributed by atoms with van der Waals surface area (Å²) in [6.45, 7) is 0. The van der Waals surface area contributed by atoms with Gasteiger partial charge >= 0.3 is 0 Å². The van der Waals surface area contributed by atoms with Crippen molar-refractivity contribution >= 4 is 34.8 Å². The SMILES string of the molecule is CNC(Cl)(Cl)Cl. The van der Waals surface area contributed by atoms with Crippen molar-refractivity contribution in [2.75, 3.05) is 7.05 Å². The van der Waals surface area contributed by atoms with E-state index in [1.54, 1.807) is 7.05 Å². The smallest absolute Gasteiger partial charge is 0.244 e. The summed E-state index contributed by atoms with van der Waals surface area (Å²) in [6, 6.07) is 0. The normalized spacial score (nSPS) is 12.0. The molecule has 6 heavy (non-hydrogen) atoms. The van der Waals surface area contributed by atoms with Gasteiger partial charge in [-0.25, -0.2) is 0 Å². The van der Waals surface area contributed by atoms with Crippen molar-refractivity contribution in [2.45, 2.75) is 3.92 Å². The van der Waals surface area contributed by atoms with Crippen LogP contribution >= 0.6 is 34.8 Å². The average molecular weight is 148 g/mol. The third kappa shape index (κ3) is 4.83. The third-order valence-electron chi connectivity index (χ3n) is 0.283. The predicted molar refractivity (Wildman–Crippen MR) is 29.3 cm³/mol. The zero-order chi connectivity index (χ0) is 5.21. The molecular formula is C2H4Cl3N. The second-order valence-electron chi connectivity index (χ2n) is 0.748. The highest BCUT2D eigenvalue weighted by Crippen LogP contribution is 2.19. The molecule has 38 valence electrons. The van der Waals surface area contributed by atoms with Gasteiger partial charge in [-0.2, -0.15) is 0 Å². The van der Waals surface area contributed by atoms with E-state index in [-0.39, 0.29) is 0 Å². The van der Waals surface area contributed by atoms with Crippen molar-refractivity contribution in [1.29, 1.82) is 0 Å². The molecule has 0 aliphatic heterocycles. The molecule has 0 heterocycles. The average Bonchev–Trinajstić information content (AvgIpc) is 1.35. The van der Waals surface area contributed by atoms with Crippen molar-refractivity contribution < 1.29 is 0 Å². The summed E-state index contributed by atoms with van der Waals surface area (Å²) in [4.78, 5) is 0. The van der Waals surface area contributed by atoms with E-state index < -0.39 is 3.92 Å². The quantitative estimate of drug-likeness (QED) is 0.406. The molecule has 0 saturated heterocycles. The van der Waals surface area contributed by atoms with E-state index in [4.69, 9.17) is 34.8 Å². The Morgan fingerprint density at radius 3 is 1.50 bits per heavy atom. The van der Waals surface area contributed by atoms with E-state index in [1.807, 2.05) is 0 Å². The molecule has 0 aromatic rings. The fourth-order valence-corrected chi connectivity index (χ4v) is 0. The van der Waals surface area contributed by atoms with Crippen molar-refractivity contribution in [1.82, 2.24) is 5.32 Å². The number of hydrogen-bond acceptors (Lipinski definition) is 1. The summed E-state index contributed by atoms with van der Waals surface area (Å²) in [5.41, 5.74) is 0. The van der Waals surface area contributed by atoms with E-state index in [9.17, 15) is 0 Å². The van der Waals surface area contributed by atoms with Gasteiger partial charge in [0.25, 0.3) is 0 Å². The minimum Gasteiger partial charge on any atom is -0.276 e. The Labute approximate surface area is 51.6 Å². The molecule has 0 fully saturated rings. The van der Waals surface area contributed by atoms with Crippen molar-refractivity contribution in [2.24, 2.45) is 0 Å². The van der Waals surface area contributed by atoms with Crippen LogP contribution in [0.3, 0.4) is 0 Å². The maximum absolute atomic E-state index is 5.14. The fraction of sp³-hybridized carbons (Fsp3) is 1.00. The van der Waals surface area contributed by atoms with E-state index >= 15 is 0 Å². The molecule has 0 spiro atoms. The molecule has 0 bridgehead atoms. The number of nitrogens with one attached hydrogen (secondary N) is 1. The first-order valence-electron chi connectivity index (χ1n) is 1.32. The number of rotatable bonds is 0.